The number of hydrogen-bond acceptors (Lipinski definition) is 2. The summed E-state index contributed by atoms with van der Waals surface area (Å²) >= 11 is 0. The highest BCUT2D eigenvalue weighted by atomic mass is 19.1. The minimum atomic E-state index is -1.30. The van der Waals surface area contributed by atoms with E-state index in [-0.39, 0.29) is 0 Å². The second-order valence-electron chi connectivity index (χ2n) is 5.13. The van der Waals surface area contributed by atoms with Gasteiger partial charge in [0, 0.05) is 32.3 Å². The Bertz CT molecular complexity index is 529. The molecule has 2 aromatic rings. The molecule has 1 aliphatic rings. The van der Waals surface area contributed by atoms with Gasteiger partial charge < -0.3 is 0 Å². The molecule has 0 unspecified atom stereocenters. The van der Waals surface area contributed by atoms with Crippen molar-refractivity contribution in [1.82, 2.24) is 9.88 Å². The zero-order chi connectivity index (χ0) is 13.1. The number of nitrogens with zero attached hydrogens (tertiary/aromatic N) is 2. The summed E-state index contributed by atoms with van der Waals surface area (Å²) in [7, 11) is 0. The predicted molar refractivity (Wildman–Crippen MR) is 73.4 cm³/mol. The van der Waals surface area contributed by atoms with Crippen molar-refractivity contribution in [2.24, 2.45) is 0 Å². The maximum absolute atomic E-state index is 14.9. The lowest BCUT2D eigenvalue weighted by atomic mass is 10.0. The third-order valence-corrected chi connectivity index (χ3v) is 3.67. The number of rotatable bonds is 3. The molecule has 2 nitrogen and oxygen atoms in total. The smallest absolute Gasteiger partial charge is 0.166 e. The van der Waals surface area contributed by atoms with E-state index in [1.807, 2.05) is 30.3 Å². The fraction of sp³-hybridized carbons (Fsp3) is 0.312. The Morgan fingerprint density at radius 1 is 1.11 bits per heavy atom. The van der Waals surface area contributed by atoms with Crippen LogP contribution in [0.1, 0.15) is 17.7 Å². The molecule has 1 aromatic carbocycles. The van der Waals surface area contributed by atoms with Gasteiger partial charge in [-0.1, -0.05) is 36.4 Å². The van der Waals surface area contributed by atoms with Crippen LogP contribution in [0.5, 0.6) is 0 Å². The zero-order valence-electron chi connectivity index (χ0n) is 10.8. The highest BCUT2D eigenvalue weighted by Crippen LogP contribution is 2.35. The van der Waals surface area contributed by atoms with Gasteiger partial charge in [-0.05, 0) is 17.7 Å². The third-order valence-electron chi connectivity index (χ3n) is 3.67. The summed E-state index contributed by atoms with van der Waals surface area (Å²) in [6.45, 7) is 2.01. The minimum absolute atomic E-state index is 0.429. The van der Waals surface area contributed by atoms with Crippen LogP contribution in [0.25, 0.3) is 0 Å². The Balaban J connectivity index is 1.70. The lowest BCUT2D eigenvalue weighted by Crippen LogP contribution is -2.27. The van der Waals surface area contributed by atoms with Gasteiger partial charge in [0.2, 0.25) is 0 Å². The summed E-state index contributed by atoms with van der Waals surface area (Å²) in [5, 5.41) is 0. The van der Waals surface area contributed by atoms with Crippen LogP contribution in [0.4, 0.5) is 4.39 Å². The van der Waals surface area contributed by atoms with Crippen LogP contribution in [-0.4, -0.2) is 23.0 Å². The topological polar surface area (TPSA) is 16.1 Å². The molecule has 0 amide bonds. The first-order valence-corrected chi connectivity index (χ1v) is 6.63. The van der Waals surface area contributed by atoms with Crippen LogP contribution in [0.2, 0.25) is 0 Å². The van der Waals surface area contributed by atoms with Gasteiger partial charge in [-0.2, -0.15) is 0 Å². The van der Waals surface area contributed by atoms with E-state index in [4.69, 9.17) is 0 Å². The molecular weight excluding hydrogens is 239 g/mol. The average molecular weight is 256 g/mol. The molecule has 0 spiro atoms. The number of likely N-dealkylation sites (tertiary alicyclic amines) is 1. The van der Waals surface area contributed by atoms with E-state index in [0.29, 0.717) is 18.7 Å². The number of hydrogen-bond donors (Lipinski definition) is 0. The molecule has 98 valence electrons. The lowest BCUT2D eigenvalue weighted by molar-refractivity contribution is 0.159. The van der Waals surface area contributed by atoms with Gasteiger partial charge in [0.25, 0.3) is 0 Å². The molecular formula is C16H17FN2. The molecule has 0 N–H and O–H groups in total. The summed E-state index contributed by atoms with van der Waals surface area (Å²) in [6.07, 6.45) is 2.19. The number of halogens is 1. The van der Waals surface area contributed by atoms with Crippen LogP contribution in [0, 0.1) is 0 Å². The van der Waals surface area contributed by atoms with Gasteiger partial charge in [-0.3, -0.25) is 9.88 Å². The van der Waals surface area contributed by atoms with Crippen LogP contribution in [0.3, 0.4) is 0 Å². The molecule has 1 fully saturated rings. The van der Waals surface area contributed by atoms with Gasteiger partial charge in [0.05, 0.1) is 5.69 Å². The summed E-state index contributed by atoms with van der Waals surface area (Å²) in [5.41, 5.74) is 0.495. The molecule has 0 saturated carbocycles. The average Bonchev–Trinajstić information content (AvgIpc) is 2.84. The lowest BCUT2D eigenvalue weighted by Gasteiger charge is -2.20. The Morgan fingerprint density at radius 3 is 2.63 bits per heavy atom. The number of benzene rings is 1. The van der Waals surface area contributed by atoms with Crippen molar-refractivity contribution in [3.8, 4) is 0 Å². The van der Waals surface area contributed by atoms with Crippen molar-refractivity contribution in [2.45, 2.75) is 18.6 Å². The molecule has 19 heavy (non-hydrogen) atoms. The van der Waals surface area contributed by atoms with Gasteiger partial charge in [-0.25, -0.2) is 4.39 Å². The van der Waals surface area contributed by atoms with Crippen LogP contribution in [-0.2, 0) is 12.2 Å². The van der Waals surface area contributed by atoms with Crippen molar-refractivity contribution in [3.63, 3.8) is 0 Å². The summed E-state index contributed by atoms with van der Waals surface area (Å²) in [5.74, 6) is 0. The van der Waals surface area contributed by atoms with Crippen LogP contribution < -0.4 is 0 Å². The van der Waals surface area contributed by atoms with E-state index in [1.54, 1.807) is 12.3 Å². The van der Waals surface area contributed by atoms with Crippen molar-refractivity contribution < 1.29 is 4.39 Å². The summed E-state index contributed by atoms with van der Waals surface area (Å²) in [4.78, 5) is 6.33. The minimum Gasteiger partial charge on any atom is -0.295 e. The maximum atomic E-state index is 14.9. The van der Waals surface area contributed by atoms with Gasteiger partial charge in [0.1, 0.15) is 0 Å². The number of aromatic nitrogens is 1. The fourth-order valence-corrected chi connectivity index (χ4v) is 2.66. The Labute approximate surface area is 112 Å². The second kappa shape index (κ2) is 5.10. The maximum Gasteiger partial charge on any atom is 0.166 e. The van der Waals surface area contributed by atoms with E-state index in [2.05, 4.69) is 22.0 Å². The molecule has 1 saturated heterocycles. The van der Waals surface area contributed by atoms with Crippen LogP contribution >= 0.6 is 0 Å². The number of alkyl halides is 1. The SMILES string of the molecule is F[C@]1(c2ccccn2)CCN(Cc2ccccc2)C1. The fourth-order valence-electron chi connectivity index (χ4n) is 2.66. The molecule has 2 heterocycles. The van der Waals surface area contributed by atoms with E-state index < -0.39 is 5.67 Å². The molecule has 1 aromatic heterocycles. The van der Waals surface area contributed by atoms with Crippen molar-refractivity contribution in [3.05, 3.63) is 66.0 Å². The van der Waals surface area contributed by atoms with Crippen molar-refractivity contribution in [2.75, 3.05) is 13.1 Å². The monoisotopic (exact) mass is 256 g/mol. The predicted octanol–water partition coefficient (Wildman–Crippen LogP) is 3.15. The standard InChI is InChI=1S/C16H17FN2/c17-16(15-8-4-5-10-18-15)9-11-19(13-16)12-14-6-2-1-3-7-14/h1-8,10H,9,11-13H2/t16-/m1/s1. The largest absolute Gasteiger partial charge is 0.295 e. The zero-order valence-corrected chi connectivity index (χ0v) is 10.8. The first-order chi connectivity index (χ1) is 9.26. The van der Waals surface area contributed by atoms with Gasteiger partial charge >= 0.3 is 0 Å². The Kier molecular flexibility index (Phi) is 3.30. The van der Waals surface area contributed by atoms with Crippen molar-refractivity contribution in [1.29, 1.82) is 0 Å². The molecule has 0 aliphatic carbocycles. The van der Waals surface area contributed by atoms with Crippen LogP contribution in [0.15, 0.2) is 54.7 Å². The number of pyridine rings is 1. The summed E-state index contributed by atoms with van der Waals surface area (Å²) < 4.78 is 14.9. The first kappa shape index (κ1) is 12.3. The van der Waals surface area contributed by atoms with Gasteiger partial charge in [-0.15, -0.1) is 0 Å². The molecule has 3 rings (SSSR count). The summed E-state index contributed by atoms with van der Waals surface area (Å²) in [6, 6.07) is 15.7. The third kappa shape index (κ3) is 2.66. The normalized spacial score (nSPS) is 23.6. The van der Waals surface area contributed by atoms with E-state index in [0.717, 1.165) is 13.1 Å². The van der Waals surface area contributed by atoms with E-state index in [9.17, 15) is 4.39 Å². The quantitative estimate of drug-likeness (QED) is 0.838. The second-order valence-corrected chi connectivity index (χ2v) is 5.13. The highest BCUT2D eigenvalue weighted by molar-refractivity contribution is 5.18. The van der Waals surface area contributed by atoms with E-state index >= 15 is 0 Å². The Hall–Kier alpha value is -1.74. The molecule has 1 aliphatic heterocycles. The Morgan fingerprint density at radius 2 is 1.89 bits per heavy atom. The molecule has 3 heteroatoms. The van der Waals surface area contributed by atoms with Gasteiger partial charge in [0.15, 0.2) is 5.67 Å². The van der Waals surface area contributed by atoms with E-state index in [1.165, 1.54) is 5.56 Å². The molecule has 0 radical (unpaired) electrons. The highest BCUT2D eigenvalue weighted by Gasteiger charge is 2.40. The van der Waals surface area contributed by atoms with Crippen molar-refractivity contribution >= 4 is 0 Å². The molecule has 1 atom stereocenters. The molecule has 0 bridgehead atoms. The first-order valence-electron chi connectivity index (χ1n) is 6.63.